The number of rotatable bonds is 3. The van der Waals surface area contributed by atoms with Crippen LogP contribution < -0.4 is 5.32 Å². The first-order valence-corrected chi connectivity index (χ1v) is 8.88. The molecule has 0 aromatic carbocycles. The van der Waals surface area contributed by atoms with Gasteiger partial charge < -0.3 is 5.32 Å². The van der Waals surface area contributed by atoms with E-state index in [9.17, 15) is 4.79 Å². The highest BCUT2D eigenvalue weighted by Gasteiger charge is 2.24. The zero-order valence-corrected chi connectivity index (χ0v) is 13.7. The summed E-state index contributed by atoms with van der Waals surface area (Å²) in [5, 5.41) is 8.64. The van der Waals surface area contributed by atoms with E-state index >= 15 is 0 Å². The molecule has 0 saturated heterocycles. The smallest absolute Gasteiger partial charge is 0.252 e. The summed E-state index contributed by atoms with van der Waals surface area (Å²) in [4.78, 5) is 17.4. The Bertz CT molecular complexity index is 724. The molecule has 2 aromatic heterocycles. The summed E-state index contributed by atoms with van der Waals surface area (Å²) in [7, 11) is 0. The summed E-state index contributed by atoms with van der Waals surface area (Å²) >= 11 is 0. The van der Waals surface area contributed by atoms with Crippen LogP contribution >= 0.6 is 0 Å². The van der Waals surface area contributed by atoms with Crippen LogP contribution in [-0.2, 0) is 0 Å². The Morgan fingerprint density at radius 2 is 1.87 bits per heavy atom. The van der Waals surface area contributed by atoms with Gasteiger partial charge in [0.1, 0.15) is 0 Å². The molecular weight excluding hydrogens is 288 g/mol. The third kappa shape index (κ3) is 2.73. The zero-order valence-electron chi connectivity index (χ0n) is 13.7. The molecule has 5 heteroatoms. The average Bonchev–Trinajstić information content (AvgIpc) is 3.26. The second-order valence-corrected chi connectivity index (χ2v) is 7.03. The lowest BCUT2D eigenvalue weighted by Gasteiger charge is -2.14. The summed E-state index contributed by atoms with van der Waals surface area (Å²) in [6.07, 6.45) is 11.3. The van der Waals surface area contributed by atoms with Gasteiger partial charge >= 0.3 is 0 Å². The first-order valence-electron chi connectivity index (χ1n) is 8.88. The molecule has 0 radical (unpaired) electrons. The van der Waals surface area contributed by atoms with Crippen LogP contribution in [0, 0.1) is 6.92 Å². The number of hydrogen-bond donors (Lipinski definition) is 1. The van der Waals surface area contributed by atoms with Crippen LogP contribution in [0.4, 0.5) is 0 Å². The standard InChI is InChI=1S/C18H24N4O/c1-12-10-15(18(23)21-13-6-2-3-7-13)16-11-19-22(17(16)20-12)14-8-4-5-9-14/h10-11,13-14H,2-9H2,1H3,(H,21,23). The molecule has 122 valence electrons. The van der Waals surface area contributed by atoms with Crippen molar-refractivity contribution in [2.45, 2.75) is 70.4 Å². The summed E-state index contributed by atoms with van der Waals surface area (Å²) in [5.74, 6) is 0.0263. The molecule has 2 saturated carbocycles. The molecule has 5 nitrogen and oxygen atoms in total. The fourth-order valence-corrected chi connectivity index (χ4v) is 4.08. The van der Waals surface area contributed by atoms with Gasteiger partial charge in [0.15, 0.2) is 5.65 Å². The van der Waals surface area contributed by atoms with Gasteiger partial charge in [0.2, 0.25) is 0 Å². The van der Waals surface area contributed by atoms with Gasteiger partial charge in [-0.2, -0.15) is 5.10 Å². The molecule has 2 aliphatic carbocycles. The van der Waals surface area contributed by atoms with Crippen LogP contribution in [0.25, 0.3) is 11.0 Å². The molecule has 23 heavy (non-hydrogen) atoms. The number of hydrogen-bond acceptors (Lipinski definition) is 3. The van der Waals surface area contributed by atoms with Gasteiger partial charge in [-0.05, 0) is 38.7 Å². The number of fused-ring (bicyclic) bond motifs is 1. The van der Waals surface area contributed by atoms with Gasteiger partial charge in [-0.1, -0.05) is 25.7 Å². The highest BCUT2D eigenvalue weighted by Crippen LogP contribution is 2.32. The first kappa shape index (κ1) is 14.7. The van der Waals surface area contributed by atoms with Gasteiger partial charge in [0.25, 0.3) is 5.91 Å². The van der Waals surface area contributed by atoms with Crippen molar-refractivity contribution in [3.05, 3.63) is 23.5 Å². The molecule has 4 rings (SSSR count). The van der Waals surface area contributed by atoms with E-state index in [2.05, 4.69) is 15.4 Å². The summed E-state index contributed by atoms with van der Waals surface area (Å²) in [6.45, 7) is 1.96. The molecule has 0 bridgehead atoms. The van der Waals surface area contributed by atoms with E-state index in [0.717, 1.165) is 48.0 Å². The first-order chi connectivity index (χ1) is 11.2. The zero-order chi connectivity index (χ0) is 15.8. The molecule has 0 aliphatic heterocycles. The molecule has 2 aromatic rings. The van der Waals surface area contributed by atoms with Crippen molar-refractivity contribution in [1.29, 1.82) is 0 Å². The monoisotopic (exact) mass is 312 g/mol. The number of aromatic nitrogens is 3. The summed E-state index contributed by atoms with van der Waals surface area (Å²) < 4.78 is 2.04. The molecule has 2 aliphatic rings. The van der Waals surface area contributed by atoms with Crippen molar-refractivity contribution >= 4 is 16.9 Å². The van der Waals surface area contributed by atoms with E-state index in [1.165, 1.54) is 25.7 Å². The number of nitrogens with one attached hydrogen (secondary N) is 1. The Morgan fingerprint density at radius 3 is 2.61 bits per heavy atom. The van der Waals surface area contributed by atoms with E-state index < -0.39 is 0 Å². The van der Waals surface area contributed by atoms with Gasteiger partial charge in [0, 0.05) is 11.7 Å². The maximum Gasteiger partial charge on any atom is 0.252 e. The molecule has 1 amide bonds. The number of carbonyl (C=O) groups excluding carboxylic acids is 1. The minimum Gasteiger partial charge on any atom is -0.349 e. The van der Waals surface area contributed by atoms with E-state index in [1.54, 1.807) is 0 Å². The third-order valence-electron chi connectivity index (χ3n) is 5.30. The Hall–Kier alpha value is -1.91. The van der Waals surface area contributed by atoms with Crippen LogP contribution in [0.2, 0.25) is 0 Å². The van der Waals surface area contributed by atoms with Crippen molar-refractivity contribution in [2.75, 3.05) is 0 Å². The molecule has 0 unspecified atom stereocenters. The van der Waals surface area contributed by atoms with Crippen LogP contribution in [0.15, 0.2) is 12.3 Å². The Labute approximate surface area is 136 Å². The largest absolute Gasteiger partial charge is 0.349 e. The lowest BCUT2D eigenvalue weighted by Crippen LogP contribution is -2.32. The highest BCUT2D eigenvalue weighted by atomic mass is 16.1. The molecule has 0 atom stereocenters. The fraction of sp³-hybridized carbons (Fsp3) is 0.611. The van der Waals surface area contributed by atoms with Crippen molar-refractivity contribution in [3.8, 4) is 0 Å². The molecule has 2 heterocycles. The molecule has 0 spiro atoms. The van der Waals surface area contributed by atoms with Crippen LogP contribution in [0.1, 0.15) is 73.5 Å². The number of pyridine rings is 1. The number of aryl methyl sites for hydroxylation is 1. The third-order valence-corrected chi connectivity index (χ3v) is 5.30. The van der Waals surface area contributed by atoms with E-state index in [4.69, 9.17) is 0 Å². The predicted molar refractivity (Wildman–Crippen MR) is 89.5 cm³/mol. The average molecular weight is 312 g/mol. The summed E-state index contributed by atoms with van der Waals surface area (Å²) in [5.41, 5.74) is 2.48. The number of amides is 1. The van der Waals surface area contributed by atoms with E-state index in [0.29, 0.717) is 12.1 Å². The van der Waals surface area contributed by atoms with Gasteiger partial charge in [0.05, 0.1) is 23.2 Å². The second kappa shape index (κ2) is 5.95. The van der Waals surface area contributed by atoms with Gasteiger partial charge in [-0.25, -0.2) is 9.67 Å². The molecular formula is C18H24N4O. The lowest BCUT2D eigenvalue weighted by molar-refractivity contribution is 0.0939. The van der Waals surface area contributed by atoms with Crippen LogP contribution in [-0.4, -0.2) is 26.7 Å². The van der Waals surface area contributed by atoms with Crippen molar-refractivity contribution < 1.29 is 4.79 Å². The minimum absolute atomic E-state index is 0.0263. The van der Waals surface area contributed by atoms with E-state index in [1.807, 2.05) is 23.9 Å². The normalized spacial score (nSPS) is 19.7. The maximum atomic E-state index is 12.7. The van der Waals surface area contributed by atoms with Gasteiger partial charge in [-0.15, -0.1) is 0 Å². The minimum atomic E-state index is 0.0263. The predicted octanol–water partition coefficient (Wildman–Crippen LogP) is 3.53. The fourth-order valence-electron chi connectivity index (χ4n) is 4.08. The van der Waals surface area contributed by atoms with Crippen LogP contribution in [0.3, 0.4) is 0 Å². The number of nitrogens with zero attached hydrogens (tertiary/aromatic N) is 3. The lowest BCUT2D eigenvalue weighted by atomic mass is 10.1. The van der Waals surface area contributed by atoms with E-state index in [-0.39, 0.29) is 5.91 Å². The molecule has 1 N–H and O–H groups in total. The van der Waals surface area contributed by atoms with Crippen molar-refractivity contribution in [3.63, 3.8) is 0 Å². The SMILES string of the molecule is Cc1cc(C(=O)NC2CCCC2)c2cnn(C3CCCC3)c2n1. The Balaban J connectivity index is 1.70. The summed E-state index contributed by atoms with van der Waals surface area (Å²) in [6, 6.07) is 2.66. The highest BCUT2D eigenvalue weighted by molar-refractivity contribution is 6.05. The topological polar surface area (TPSA) is 59.8 Å². The second-order valence-electron chi connectivity index (χ2n) is 7.03. The van der Waals surface area contributed by atoms with Crippen molar-refractivity contribution in [1.82, 2.24) is 20.1 Å². The Kier molecular flexibility index (Phi) is 3.79. The van der Waals surface area contributed by atoms with Crippen molar-refractivity contribution in [2.24, 2.45) is 0 Å². The Morgan fingerprint density at radius 1 is 1.17 bits per heavy atom. The quantitative estimate of drug-likeness (QED) is 0.943. The van der Waals surface area contributed by atoms with Crippen LogP contribution in [0.5, 0.6) is 0 Å². The maximum absolute atomic E-state index is 12.7. The van der Waals surface area contributed by atoms with Gasteiger partial charge in [-0.3, -0.25) is 4.79 Å². The molecule has 2 fully saturated rings. The number of carbonyl (C=O) groups is 1.